The highest BCUT2D eigenvalue weighted by Gasteiger charge is 2.37. The number of hydrogen-bond donors (Lipinski definition) is 0. The summed E-state index contributed by atoms with van der Waals surface area (Å²) in [5, 5.41) is 0. The van der Waals surface area contributed by atoms with Gasteiger partial charge in [-0.1, -0.05) is 6.42 Å². The predicted octanol–water partition coefficient (Wildman–Crippen LogP) is 2.86. The molecule has 0 N–H and O–H groups in total. The van der Waals surface area contributed by atoms with Crippen LogP contribution in [0.5, 0.6) is 0 Å². The molecule has 76 valence electrons. The largest absolute Gasteiger partial charge is 0.350 e. The van der Waals surface area contributed by atoms with E-state index < -0.39 is 0 Å². The third kappa shape index (κ3) is 2.23. The standard InChI is InChI=1S/C11H20O2/c1-10-6-5-8-11(13-10)7-3-2-4-9-12-11/h10H,2-9H2,1H3/t10-,11+/m1/s1. The summed E-state index contributed by atoms with van der Waals surface area (Å²) in [6.07, 6.45) is 8.86. The summed E-state index contributed by atoms with van der Waals surface area (Å²) >= 11 is 0. The molecule has 2 heteroatoms. The van der Waals surface area contributed by atoms with Crippen LogP contribution in [-0.2, 0) is 9.47 Å². The van der Waals surface area contributed by atoms with Crippen molar-refractivity contribution in [3.8, 4) is 0 Å². The Hall–Kier alpha value is -0.0800. The minimum atomic E-state index is -0.186. The maximum absolute atomic E-state index is 5.97. The van der Waals surface area contributed by atoms with E-state index in [9.17, 15) is 0 Å². The molecule has 0 radical (unpaired) electrons. The van der Waals surface area contributed by atoms with Crippen molar-refractivity contribution in [2.75, 3.05) is 6.61 Å². The molecular weight excluding hydrogens is 164 g/mol. The third-order valence-corrected chi connectivity index (χ3v) is 3.15. The molecule has 2 aliphatic heterocycles. The van der Waals surface area contributed by atoms with Crippen molar-refractivity contribution < 1.29 is 9.47 Å². The average Bonchev–Trinajstić information content (AvgIpc) is 2.31. The summed E-state index contributed by atoms with van der Waals surface area (Å²) in [7, 11) is 0. The van der Waals surface area contributed by atoms with Gasteiger partial charge >= 0.3 is 0 Å². The first-order chi connectivity index (χ1) is 6.31. The normalized spacial score (nSPS) is 41.8. The SMILES string of the molecule is C[C@@H]1CCC[C@]2(CCCCCO2)O1. The molecule has 2 aliphatic rings. The molecule has 13 heavy (non-hydrogen) atoms. The first kappa shape index (κ1) is 9.47. The molecular formula is C11H20O2. The van der Waals surface area contributed by atoms with E-state index in [0.29, 0.717) is 6.10 Å². The van der Waals surface area contributed by atoms with Crippen molar-refractivity contribution in [1.82, 2.24) is 0 Å². The summed E-state index contributed by atoms with van der Waals surface area (Å²) in [6.45, 7) is 3.06. The van der Waals surface area contributed by atoms with Gasteiger partial charge in [0.05, 0.1) is 12.7 Å². The summed E-state index contributed by atoms with van der Waals surface area (Å²) in [4.78, 5) is 0. The minimum Gasteiger partial charge on any atom is -0.350 e. The van der Waals surface area contributed by atoms with Gasteiger partial charge in [0.2, 0.25) is 0 Å². The molecule has 1 spiro atoms. The van der Waals surface area contributed by atoms with E-state index in [1.54, 1.807) is 0 Å². The molecule has 2 nitrogen and oxygen atoms in total. The van der Waals surface area contributed by atoms with E-state index in [1.807, 2.05) is 0 Å². The molecule has 0 unspecified atom stereocenters. The zero-order valence-electron chi connectivity index (χ0n) is 8.55. The van der Waals surface area contributed by atoms with Gasteiger partial charge in [0.15, 0.2) is 5.79 Å². The van der Waals surface area contributed by atoms with Crippen LogP contribution in [0.15, 0.2) is 0 Å². The van der Waals surface area contributed by atoms with Crippen LogP contribution in [0.1, 0.15) is 51.9 Å². The van der Waals surface area contributed by atoms with Crippen LogP contribution >= 0.6 is 0 Å². The molecule has 0 saturated carbocycles. The van der Waals surface area contributed by atoms with Crippen LogP contribution in [-0.4, -0.2) is 18.5 Å². The van der Waals surface area contributed by atoms with Gasteiger partial charge in [-0.25, -0.2) is 0 Å². The van der Waals surface area contributed by atoms with Crippen molar-refractivity contribution in [2.45, 2.75) is 63.8 Å². The Morgan fingerprint density at radius 1 is 1.08 bits per heavy atom. The van der Waals surface area contributed by atoms with Crippen LogP contribution in [0.2, 0.25) is 0 Å². The molecule has 0 aromatic heterocycles. The van der Waals surface area contributed by atoms with Gasteiger partial charge in [-0.15, -0.1) is 0 Å². The van der Waals surface area contributed by atoms with Crippen LogP contribution in [0.4, 0.5) is 0 Å². The second-order valence-electron chi connectivity index (χ2n) is 4.39. The summed E-state index contributed by atoms with van der Waals surface area (Å²) < 4.78 is 11.9. The highest BCUT2D eigenvalue weighted by Crippen LogP contribution is 2.36. The average molecular weight is 184 g/mol. The Kier molecular flexibility index (Phi) is 2.89. The van der Waals surface area contributed by atoms with E-state index in [0.717, 1.165) is 19.4 Å². The molecule has 2 rings (SSSR count). The Morgan fingerprint density at radius 2 is 1.92 bits per heavy atom. The molecule has 0 amide bonds. The molecule has 2 fully saturated rings. The fraction of sp³-hybridized carbons (Fsp3) is 1.00. The molecule has 0 aliphatic carbocycles. The lowest BCUT2D eigenvalue weighted by molar-refractivity contribution is -0.276. The second kappa shape index (κ2) is 3.97. The Morgan fingerprint density at radius 3 is 2.77 bits per heavy atom. The Balaban J connectivity index is 1.99. The van der Waals surface area contributed by atoms with Gasteiger partial charge in [-0.2, -0.15) is 0 Å². The van der Waals surface area contributed by atoms with Crippen molar-refractivity contribution in [2.24, 2.45) is 0 Å². The lowest BCUT2D eigenvalue weighted by atomic mass is 9.97. The van der Waals surface area contributed by atoms with Crippen molar-refractivity contribution in [3.05, 3.63) is 0 Å². The topological polar surface area (TPSA) is 18.5 Å². The van der Waals surface area contributed by atoms with Gasteiger partial charge in [0.1, 0.15) is 0 Å². The minimum absolute atomic E-state index is 0.186. The maximum atomic E-state index is 5.97. The molecule has 2 saturated heterocycles. The van der Waals surface area contributed by atoms with E-state index in [4.69, 9.17) is 9.47 Å². The van der Waals surface area contributed by atoms with Gasteiger partial charge < -0.3 is 9.47 Å². The van der Waals surface area contributed by atoms with Crippen LogP contribution in [0.3, 0.4) is 0 Å². The van der Waals surface area contributed by atoms with E-state index in [1.165, 1.54) is 32.1 Å². The molecule has 2 heterocycles. The van der Waals surface area contributed by atoms with Crippen LogP contribution in [0.25, 0.3) is 0 Å². The van der Waals surface area contributed by atoms with E-state index in [-0.39, 0.29) is 5.79 Å². The van der Waals surface area contributed by atoms with Crippen LogP contribution < -0.4 is 0 Å². The smallest absolute Gasteiger partial charge is 0.168 e. The molecule has 0 aromatic carbocycles. The van der Waals surface area contributed by atoms with Crippen molar-refractivity contribution in [1.29, 1.82) is 0 Å². The summed E-state index contributed by atoms with van der Waals surface area (Å²) in [5.41, 5.74) is 0. The first-order valence-electron chi connectivity index (χ1n) is 5.63. The highest BCUT2D eigenvalue weighted by atomic mass is 16.7. The fourth-order valence-corrected chi connectivity index (χ4v) is 2.44. The van der Waals surface area contributed by atoms with Gasteiger partial charge in [-0.3, -0.25) is 0 Å². The van der Waals surface area contributed by atoms with Crippen molar-refractivity contribution >= 4 is 0 Å². The van der Waals surface area contributed by atoms with Crippen molar-refractivity contribution in [3.63, 3.8) is 0 Å². The summed E-state index contributed by atoms with van der Waals surface area (Å²) in [5.74, 6) is -0.186. The molecule has 2 atom stereocenters. The maximum Gasteiger partial charge on any atom is 0.168 e. The summed E-state index contributed by atoms with van der Waals surface area (Å²) in [6, 6.07) is 0. The lowest BCUT2D eigenvalue weighted by Gasteiger charge is -2.39. The van der Waals surface area contributed by atoms with Gasteiger partial charge in [0.25, 0.3) is 0 Å². The van der Waals surface area contributed by atoms with Crippen LogP contribution in [0, 0.1) is 0 Å². The van der Waals surface area contributed by atoms with E-state index >= 15 is 0 Å². The zero-order valence-corrected chi connectivity index (χ0v) is 8.55. The third-order valence-electron chi connectivity index (χ3n) is 3.15. The predicted molar refractivity (Wildman–Crippen MR) is 51.5 cm³/mol. The van der Waals surface area contributed by atoms with Gasteiger partial charge in [-0.05, 0) is 32.6 Å². The van der Waals surface area contributed by atoms with E-state index in [2.05, 4.69) is 6.92 Å². The number of hydrogen-bond acceptors (Lipinski definition) is 2. The Labute approximate surface area is 80.6 Å². The first-order valence-corrected chi connectivity index (χ1v) is 5.63. The second-order valence-corrected chi connectivity index (χ2v) is 4.39. The number of ether oxygens (including phenoxy) is 2. The molecule has 0 aromatic rings. The quantitative estimate of drug-likeness (QED) is 0.576. The fourth-order valence-electron chi connectivity index (χ4n) is 2.44. The lowest BCUT2D eigenvalue weighted by Crippen LogP contribution is -2.41. The Bertz CT molecular complexity index is 159. The van der Waals surface area contributed by atoms with Gasteiger partial charge in [0, 0.05) is 12.8 Å². The zero-order chi connectivity index (χ0) is 9.15. The number of rotatable bonds is 0. The monoisotopic (exact) mass is 184 g/mol. The molecule has 0 bridgehead atoms. The highest BCUT2D eigenvalue weighted by molar-refractivity contribution is 4.78.